The summed E-state index contributed by atoms with van der Waals surface area (Å²) < 4.78 is 0. The number of rotatable bonds is 3. The van der Waals surface area contributed by atoms with Crippen LogP contribution in [0.2, 0.25) is 0 Å². The second kappa shape index (κ2) is 5.03. The van der Waals surface area contributed by atoms with Gasteiger partial charge in [0, 0.05) is 18.1 Å². The molecule has 1 unspecified atom stereocenters. The Balaban J connectivity index is 2.04. The first-order chi connectivity index (χ1) is 7.68. The number of nitrogens with zero attached hydrogens (tertiary/aromatic N) is 2. The summed E-state index contributed by atoms with van der Waals surface area (Å²) in [6, 6.07) is 0.812. The van der Waals surface area contributed by atoms with Crippen molar-refractivity contribution >= 4 is 0 Å². The molecule has 1 saturated carbocycles. The van der Waals surface area contributed by atoms with E-state index in [1.165, 1.54) is 51.6 Å². The smallest absolute Gasteiger partial charge is 0.0344 e. The highest BCUT2D eigenvalue weighted by molar-refractivity contribution is 4.97. The van der Waals surface area contributed by atoms with Crippen molar-refractivity contribution in [1.82, 2.24) is 9.80 Å². The van der Waals surface area contributed by atoms with Crippen LogP contribution in [0.1, 0.15) is 38.5 Å². The van der Waals surface area contributed by atoms with Crippen LogP contribution in [-0.4, -0.2) is 55.1 Å². The maximum Gasteiger partial charge on any atom is 0.0344 e. The lowest BCUT2D eigenvalue weighted by atomic mass is 9.82. The van der Waals surface area contributed by atoms with Gasteiger partial charge in [-0.3, -0.25) is 4.90 Å². The van der Waals surface area contributed by atoms with Crippen LogP contribution < -0.4 is 5.73 Å². The lowest BCUT2D eigenvalue weighted by molar-refractivity contribution is 0.0279. The van der Waals surface area contributed by atoms with E-state index in [0.29, 0.717) is 0 Å². The van der Waals surface area contributed by atoms with Gasteiger partial charge in [-0.05, 0) is 59.3 Å². The van der Waals surface area contributed by atoms with Crippen molar-refractivity contribution in [2.24, 2.45) is 5.73 Å². The Labute approximate surface area is 100.0 Å². The summed E-state index contributed by atoms with van der Waals surface area (Å²) in [5.74, 6) is 0. The van der Waals surface area contributed by atoms with Crippen LogP contribution in [0, 0.1) is 0 Å². The third-order valence-corrected chi connectivity index (χ3v) is 4.89. The molecule has 2 fully saturated rings. The Bertz CT molecular complexity index is 227. The van der Waals surface area contributed by atoms with Crippen molar-refractivity contribution in [3.8, 4) is 0 Å². The van der Waals surface area contributed by atoms with Gasteiger partial charge in [-0.2, -0.15) is 0 Å². The highest BCUT2D eigenvalue weighted by Crippen LogP contribution is 2.34. The van der Waals surface area contributed by atoms with Gasteiger partial charge < -0.3 is 10.6 Å². The van der Waals surface area contributed by atoms with Gasteiger partial charge in [0.25, 0.3) is 0 Å². The number of nitrogens with two attached hydrogens (primary N) is 1. The Hall–Kier alpha value is -0.120. The molecule has 0 radical (unpaired) electrons. The molecule has 16 heavy (non-hydrogen) atoms. The van der Waals surface area contributed by atoms with Crippen LogP contribution in [0.5, 0.6) is 0 Å². The van der Waals surface area contributed by atoms with E-state index in [0.717, 1.165) is 12.6 Å². The zero-order chi connectivity index (χ0) is 11.6. The molecule has 3 heteroatoms. The van der Waals surface area contributed by atoms with E-state index in [-0.39, 0.29) is 5.54 Å². The molecule has 2 rings (SSSR count). The van der Waals surface area contributed by atoms with Gasteiger partial charge in [-0.15, -0.1) is 0 Å². The van der Waals surface area contributed by atoms with E-state index in [4.69, 9.17) is 5.73 Å². The third kappa shape index (κ3) is 2.27. The van der Waals surface area contributed by atoms with Crippen molar-refractivity contribution in [1.29, 1.82) is 0 Å². The number of hydrogen-bond acceptors (Lipinski definition) is 3. The maximum absolute atomic E-state index is 6.11. The van der Waals surface area contributed by atoms with Crippen LogP contribution >= 0.6 is 0 Å². The molecule has 0 amide bonds. The van der Waals surface area contributed by atoms with E-state index in [1.54, 1.807) is 0 Å². The van der Waals surface area contributed by atoms with Gasteiger partial charge in [0.05, 0.1) is 0 Å². The van der Waals surface area contributed by atoms with Crippen LogP contribution in [-0.2, 0) is 0 Å². The first-order valence-electron chi connectivity index (χ1n) is 6.79. The van der Waals surface area contributed by atoms with Crippen molar-refractivity contribution < 1.29 is 0 Å². The largest absolute Gasteiger partial charge is 0.329 e. The van der Waals surface area contributed by atoms with Gasteiger partial charge in [0.15, 0.2) is 0 Å². The molecule has 0 spiro atoms. The summed E-state index contributed by atoms with van der Waals surface area (Å²) in [7, 11) is 4.54. The van der Waals surface area contributed by atoms with E-state index >= 15 is 0 Å². The minimum Gasteiger partial charge on any atom is -0.329 e. The maximum atomic E-state index is 6.11. The average molecular weight is 225 g/mol. The summed E-state index contributed by atoms with van der Waals surface area (Å²) in [5.41, 5.74) is 6.40. The second-order valence-corrected chi connectivity index (χ2v) is 5.78. The van der Waals surface area contributed by atoms with Gasteiger partial charge in [-0.25, -0.2) is 0 Å². The van der Waals surface area contributed by atoms with Gasteiger partial charge >= 0.3 is 0 Å². The molecule has 1 heterocycles. The van der Waals surface area contributed by atoms with Crippen molar-refractivity contribution in [3.63, 3.8) is 0 Å². The zero-order valence-electron chi connectivity index (χ0n) is 10.9. The lowest BCUT2D eigenvalue weighted by Gasteiger charge is -2.48. The van der Waals surface area contributed by atoms with E-state index in [2.05, 4.69) is 23.9 Å². The van der Waals surface area contributed by atoms with Crippen LogP contribution in [0.3, 0.4) is 0 Å². The van der Waals surface area contributed by atoms with Gasteiger partial charge in [-0.1, -0.05) is 6.42 Å². The molecule has 1 atom stereocenters. The predicted molar refractivity (Wildman–Crippen MR) is 68.5 cm³/mol. The van der Waals surface area contributed by atoms with Crippen molar-refractivity contribution in [2.45, 2.75) is 50.1 Å². The normalized spacial score (nSPS) is 33.8. The quantitative estimate of drug-likeness (QED) is 0.785. The monoisotopic (exact) mass is 225 g/mol. The Morgan fingerprint density at radius 2 is 2.00 bits per heavy atom. The summed E-state index contributed by atoms with van der Waals surface area (Å²) in [6.07, 6.45) is 8.00. The Morgan fingerprint density at radius 3 is 2.56 bits per heavy atom. The molecule has 1 saturated heterocycles. The first-order valence-corrected chi connectivity index (χ1v) is 6.79. The topological polar surface area (TPSA) is 32.5 Å². The van der Waals surface area contributed by atoms with Gasteiger partial charge in [0.2, 0.25) is 0 Å². The number of likely N-dealkylation sites (N-methyl/N-ethyl adjacent to an activating group) is 1. The lowest BCUT2D eigenvalue weighted by Crippen LogP contribution is -2.57. The molecule has 0 aromatic heterocycles. The third-order valence-electron chi connectivity index (χ3n) is 4.89. The molecule has 0 aromatic rings. The standard InChI is InChI=1S/C13H27N3/c1-15-9-4-7-13(11-14,8-10-15)16(2)12-5-3-6-12/h12H,3-11,14H2,1-2H3. The van der Waals surface area contributed by atoms with Crippen LogP contribution in [0.25, 0.3) is 0 Å². The van der Waals surface area contributed by atoms with E-state index in [1.807, 2.05) is 0 Å². The molecule has 0 bridgehead atoms. The molecule has 2 aliphatic rings. The molecule has 3 nitrogen and oxygen atoms in total. The average Bonchev–Trinajstić information content (AvgIpc) is 2.38. The fraction of sp³-hybridized carbons (Fsp3) is 1.00. The predicted octanol–water partition coefficient (Wildman–Crippen LogP) is 1.28. The minimum absolute atomic E-state index is 0.288. The minimum atomic E-state index is 0.288. The fourth-order valence-corrected chi connectivity index (χ4v) is 3.18. The molecule has 1 aliphatic heterocycles. The Kier molecular flexibility index (Phi) is 3.88. The van der Waals surface area contributed by atoms with Crippen molar-refractivity contribution in [3.05, 3.63) is 0 Å². The van der Waals surface area contributed by atoms with Crippen molar-refractivity contribution in [2.75, 3.05) is 33.7 Å². The van der Waals surface area contributed by atoms with Gasteiger partial charge in [0.1, 0.15) is 0 Å². The summed E-state index contributed by atoms with van der Waals surface area (Å²) in [4.78, 5) is 5.07. The summed E-state index contributed by atoms with van der Waals surface area (Å²) in [6.45, 7) is 3.27. The van der Waals surface area contributed by atoms with Crippen LogP contribution in [0.15, 0.2) is 0 Å². The molecule has 2 N–H and O–H groups in total. The molecule has 94 valence electrons. The second-order valence-electron chi connectivity index (χ2n) is 5.78. The summed E-state index contributed by atoms with van der Waals surface area (Å²) >= 11 is 0. The summed E-state index contributed by atoms with van der Waals surface area (Å²) in [5, 5.41) is 0. The molecular weight excluding hydrogens is 198 g/mol. The first kappa shape index (κ1) is 12.3. The number of hydrogen-bond donors (Lipinski definition) is 1. The fourth-order valence-electron chi connectivity index (χ4n) is 3.18. The van der Waals surface area contributed by atoms with E-state index < -0.39 is 0 Å². The highest BCUT2D eigenvalue weighted by Gasteiger charge is 2.39. The highest BCUT2D eigenvalue weighted by atomic mass is 15.2. The van der Waals surface area contributed by atoms with Crippen LogP contribution in [0.4, 0.5) is 0 Å². The number of likely N-dealkylation sites (tertiary alicyclic amines) is 1. The Morgan fingerprint density at radius 1 is 1.25 bits per heavy atom. The molecule has 1 aliphatic carbocycles. The molecular formula is C13H27N3. The van der Waals surface area contributed by atoms with E-state index in [9.17, 15) is 0 Å². The zero-order valence-corrected chi connectivity index (χ0v) is 10.9. The SMILES string of the molecule is CN1CCCC(CN)(N(C)C2CCC2)CC1. The molecule has 0 aromatic carbocycles.